The first-order chi connectivity index (χ1) is 11.3. The van der Waals surface area contributed by atoms with E-state index in [2.05, 4.69) is 24.3 Å². The molecule has 4 aliphatic carbocycles. The van der Waals surface area contributed by atoms with Crippen molar-refractivity contribution in [2.24, 2.45) is 11.3 Å². The molecule has 2 saturated carbocycles. The van der Waals surface area contributed by atoms with Crippen LogP contribution in [0.1, 0.15) is 85.2 Å². The molecule has 1 spiro atoms. The first-order valence-corrected chi connectivity index (χ1v) is 9.58. The molecule has 0 amide bonds. The van der Waals surface area contributed by atoms with Gasteiger partial charge < -0.3 is 0 Å². The zero-order valence-corrected chi connectivity index (χ0v) is 13.9. The number of fused-ring (bicyclic) bond motifs is 4. The Morgan fingerprint density at radius 2 is 1.87 bits per heavy atom. The van der Waals surface area contributed by atoms with E-state index in [1.54, 1.807) is 5.57 Å². The van der Waals surface area contributed by atoms with Gasteiger partial charge in [-0.1, -0.05) is 49.1 Å². The highest BCUT2D eigenvalue weighted by molar-refractivity contribution is 6.00. The molecule has 2 atom stereocenters. The highest BCUT2D eigenvalue weighted by Gasteiger charge is 2.50. The quantitative estimate of drug-likeness (QED) is 0.618. The minimum atomic E-state index is 0.277. The first-order valence-electron chi connectivity index (χ1n) is 9.58. The van der Waals surface area contributed by atoms with E-state index in [4.69, 9.17) is 0 Å². The highest BCUT2D eigenvalue weighted by atomic mass is 16.1. The summed E-state index contributed by atoms with van der Waals surface area (Å²) in [5, 5.41) is 0. The van der Waals surface area contributed by atoms with E-state index in [-0.39, 0.29) is 5.41 Å². The molecular weight excluding hydrogens is 280 g/mol. The lowest BCUT2D eigenvalue weighted by molar-refractivity contribution is 0.0821. The van der Waals surface area contributed by atoms with Gasteiger partial charge in [-0.25, -0.2) is 0 Å². The van der Waals surface area contributed by atoms with Gasteiger partial charge in [0.25, 0.3) is 0 Å². The molecular formula is C22H26O. The fourth-order valence-electron chi connectivity index (χ4n) is 6.12. The number of Topliss-reactive ketones (excluding diaryl/α,β-unsaturated/α-hetero) is 1. The average Bonchev–Trinajstić information content (AvgIpc) is 3.16. The molecule has 0 radical (unpaired) electrons. The molecule has 1 heteroatoms. The molecule has 5 rings (SSSR count). The van der Waals surface area contributed by atoms with Crippen LogP contribution < -0.4 is 0 Å². The molecule has 2 unspecified atom stereocenters. The molecule has 2 bridgehead atoms. The molecule has 1 nitrogen and oxygen atoms in total. The van der Waals surface area contributed by atoms with Crippen LogP contribution in [0.15, 0.2) is 29.8 Å². The summed E-state index contributed by atoms with van der Waals surface area (Å²) in [6.07, 6.45) is 14.7. The van der Waals surface area contributed by atoms with Crippen LogP contribution in [0.25, 0.3) is 0 Å². The molecule has 0 N–H and O–H groups in total. The van der Waals surface area contributed by atoms with Crippen LogP contribution in [0.2, 0.25) is 0 Å². The molecule has 23 heavy (non-hydrogen) atoms. The van der Waals surface area contributed by atoms with Gasteiger partial charge >= 0.3 is 0 Å². The van der Waals surface area contributed by atoms with Crippen LogP contribution in [0.5, 0.6) is 0 Å². The predicted molar refractivity (Wildman–Crippen MR) is 92.8 cm³/mol. The summed E-state index contributed by atoms with van der Waals surface area (Å²) < 4.78 is 0. The lowest BCUT2D eigenvalue weighted by Gasteiger charge is -2.40. The highest BCUT2D eigenvalue weighted by Crippen LogP contribution is 2.58. The molecule has 0 aromatic heterocycles. The number of benzene rings is 1. The number of carbonyl (C=O) groups is 1. The lowest BCUT2D eigenvalue weighted by Crippen LogP contribution is -2.36. The van der Waals surface area contributed by atoms with Gasteiger partial charge in [-0.3, -0.25) is 4.79 Å². The Hall–Kier alpha value is -1.37. The summed E-state index contributed by atoms with van der Waals surface area (Å²) in [6, 6.07) is 6.73. The van der Waals surface area contributed by atoms with E-state index >= 15 is 0 Å². The summed E-state index contributed by atoms with van der Waals surface area (Å²) in [5.41, 5.74) is 5.82. The van der Waals surface area contributed by atoms with Crippen LogP contribution in [0, 0.1) is 11.3 Å². The van der Waals surface area contributed by atoms with Crippen molar-refractivity contribution in [3.8, 4) is 0 Å². The van der Waals surface area contributed by atoms with E-state index in [9.17, 15) is 4.79 Å². The van der Waals surface area contributed by atoms with Gasteiger partial charge in [0.05, 0.1) is 0 Å². The van der Waals surface area contributed by atoms with Crippen LogP contribution in [-0.2, 0) is 6.42 Å². The maximum absolute atomic E-state index is 13.2. The Kier molecular flexibility index (Phi) is 3.08. The minimum absolute atomic E-state index is 0.277. The summed E-state index contributed by atoms with van der Waals surface area (Å²) in [7, 11) is 0. The summed E-state index contributed by atoms with van der Waals surface area (Å²) in [6.45, 7) is 0. The largest absolute Gasteiger partial charge is 0.294 e. The number of carbonyl (C=O) groups excluding carboxylic acids is 1. The Bertz CT molecular complexity index is 692. The zero-order valence-electron chi connectivity index (χ0n) is 13.9. The third kappa shape index (κ3) is 2.08. The average molecular weight is 306 g/mol. The van der Waals surface area contributed by atoms with E-state index in [1.807, 2.05) is 0 Å². The van der Waals surface area contributed by atoms with Crippen LogP contribution in [0.3, 0.4) is 0 Å². The topological polar surface area (TPSA) is 17.1 Å². The first kappa shape index (κ1) is 14.0. The van der Waals surface area contributed by atoms with E-state index < -0.39 is 0 Å². The molecule has 4 aliphatic rings. The van der Waals surface area contributed by atoms with Crippen LogP contribution in [-0.4, -0.2) is 5.78 Å². The number of rotatable bonds is 1. The Balaban J connectivity index is 1.54. The molecule has 0 saturated heterocycles. The fraction of sp³-hybridized carbons (Fsp3) is 0.591. The third-order valence-corrected chi connectivity index (χ3v) is 7.21. The maximum atomic E-state index is 13.2. The van der Waals surface area contributed by atoms with E-state index in [1.165, 1.54) is 62.5 Å². The Morgan fingerprint density at radius 1 is 1.00 bits per heavy atom. The van der Waals surface area contributed by atoms with E-state index in [0.29, 0.717) is 11.7 Å². The van der Waals surface area contributed by atoms with Crippen molar-refractivity contribution in [3.05, 3.63) is 46.5 Å². The summed E-state index contributed by atoms with van der Waals surface area (Å²) in [4.78, 5) is 13.2. The second kappa shape index (κ2) is 5.06. The predicted octanol–water partition coefficient (Wildman–Crippen LogP) is 5.59. The molecule has 1 aromatic rings. The SMILES string of the molecule is O=C1CC2(CC3=CCC2C3)Cc2cccc(C3CCCCC3)c21. The van der Waals surface area contributed by atoms with E-state index in [0.717, 1.165) is 24.3 Å². The van der Waals surface area contributed by atoms with Gasteiger partial charge in [-0.05, 0) is 66.9 Å². The van der Waals surface area contributed by atoms with Crippen molar-refractivity contribution in [1.29, 1.82) is 0 Å². The van der Waals surface area contributed by atoms with Gasteiger partial charge in [0.2, 0.25) is 0 Å². The monoisotopic (exact) mass is 306 g/mol. The van der Waals surface area contributed by atoms with Crippen molar-refractivity contribution >= 4 is 5.78 Å². The number of allylic oxidation sites excluding steroid dienone is 2. The smallest absolute Gasteiger partial charge is 0.164 e. The fourth-order valence-corrected chi connectivity index (χ4v) is 6.12. The van der Waals surface area contributed by atoms with Gasteiger partial charge in [0.1, 0.15) is 0 Å². The number of hydrogen-bond donors (Lipinski definition) is 0. The Morgan fingerprint density at radius 3 is 2.61 bits per heavy atom. The lowest BCUT2D eigenvalue weighted by atomic mass is 9.62. The summed E-state index contributed by atoms with van der Waals surface area (Å²) >= 11 is 0. The van der Waals surface area contributed by atoms with Gasteiger partial charge in [-0.15, -0.1) is 0 Å². The van der Waals surface area contributed by atoms with Crippen molar-refractivity contribution in [1.82, 2.24) is 0 Å². The molecule has 0 heterocycles. The van der Waals surface area contributed by atoms with Crippen molar-refractivity contribution in [2.75, 3.05) is 0 Å². The van der Waals surface area contributed by atoms with Crippen molar-refractivity contribution in [2.45, 2.75) is 70.1 Å². The van der Waals surface area contributed by atoms with Gasteiger partial charge in [0.15, 0.2) is 5.78 Å². The van der Waals surface area contributed by atoms with Crippen molar-refractivity contribution in [3.63, 3.8) is 0 Å². The molecule has 0 aliphatic heterocycles. The second-order valence-electron chi connectivity index (χ2n) is 8.53. The van der Waals surface area contributed by atoms with Crippen LogP contribution >= 0.6 is 0 Å². The van der Waals surface area contributed by atoms with Crippen LogP contribution in [0.4, 0.5) is 0 Å². The Labute approximate surface area is 139 Å². The zero-order chi connectivity index (χ0) is 15.4. The summed E-state index contributed by atoms with van der Waals surface area (Å²) in [5.74, 6) is 1.84. The number of hydrogen-bond acceptors (Lipinski definition) is 1. The maximum Gasteiger partial charge on any atom is 0.164 e. The van der Waals surface area contributed by atoms with Gasteiger partial charge in [-0.2, -0.15) is 0 Å². The standard InChI is InChI=1S/C22H26O/c23-20-14-22(12-15-9-10-18(22)11-15)13-17-7-4-8-19(21(17)20)16-5-2-1-3-6-16/h4,7-9,16,18H,1-3,5-6,10-14H2. The molecule has 1 aromatic carbocycles. The third-order valence-electron chi connectivity index (χ3n) is 7.21. The van der Waals surface area contributed by atoms with Crippen molar-refractivity contribution < 1.29 is 4.79 Å². The van der Waals surface area contributed by atoms with Gasteiger partial charge in [0, 0.05) is 12.0 Å². The molecule has 2 fully saturated rings. The minimum Gasteiger partial charge on any atom is -0.294 e. The second-order valence-corrected chi connectivity index (χ2v) is 8.53. The molecule has 120 valence electrons. The number of ketones is 1. The normalized spacial score (nSPS) is 33.1.